The van der Waals surface area contributed by atoms with Gasteiger partial charge < -0.3 is 14.8 Å². The maximum atomic E-state index is 12.2. The Morgan fingerprint density at radius 1 is 0.926 bits per heavy atom. The minimum absolute atomic E-state index is 0.0927. The molecular formula is C21H21N3O3. The van der Waals surface area contributed by atoms with Crippen molar-refractivity contribution in [3.63, 3.8) is 0 Å². The maximum absolute atomic E-state index is 12.2. The van der Waals surface area contributed by atoms with Crippen LogP contribution in [0.15, 0.2) is 54.6 Å². The number of para-hydroxylation sites is 1. The van der Waals surface area contributed by atoms with Gasteiger partial charge in [-0.25, -0.2) is 0 Å². The molecule has 138 valence electrons. The van der Waals surface area contributed by atoms with Crippen LogP contribution in [-0.4, -0.2) is 22.5 Å². The molecule has 0 radical (unpaired) electrons. The fraction of sp³-hybridized carbons (Fsp3) is 0.190. The van der Waals surface area contributed by atoms with E-state index in [1.54, 1.807) is 13.8 Å². The van der Waals surface area contributed by atoms with Crippen molar-refractivity contribution in [2.24, 2.45) is 0 Å². The molecule has 27 heavy (non-hydrogen) atoms. The van der Waals surface area contributed by atoms with Crippen molar-refractivity contribution in [1.29, 1.82) is 0 Å². The number of ether oxygens (including phenoxy) is 2. The summed E-state index contributed by atoms with van der Waals surface area (Å²) in [6.07, 6.45) is 0. The van der Waals surface area contributed by atoms with E-state index in [0.717, 1.165) is 5.56 Å². The van der Waals surface area contributed by atoms with Gasteiger partial charge in [-0.05, 0) is 50.6 Å². The van der Waals surface area contributed by atoms with Crippen molar-refractivity contribution < 1.29 is 14.3 Å². The highest BCUT2D eigenvalue weighted by molar-refractivity contribution is 5.92. The molecular weight excluding hydrogens is 342 g/mol. The molecule has 6 nitrogen and oxygen atoms in total. The molecule has 1 aromatic heterocycles. The molecule has 1 heterocycles. The third kappa shape index (κ3) is 5.04. The van der Waals surface area contributed by atoms with E-state index in [4.69, 9.17) is 9.47 Å². The summed E-state index contributed by atoms with van der Waals surface area (Å²) in [4.78, 5) is 20.9. The van der Waals surface area contributed by atoms with Crippen molar-refractivity contribution in [2.45, 2.75) is 20.8 Å². The molecule has 0 aliphatic heterocycles. The number of benzene rings is 2. The van der Waals surface area contributed by atoms with Crippen molar-refractivity contribution in [2.75, 3.05) is 11.9 Å². The number of carbonyl (C=O) groups excluding carboxylic acids is 1. The van der Waals surface area contributed by atoms with Crippen LogP contribution in [0.4, 0.5) is 5.69 Å². The summed E-state index contributed by atoms with van der Waals surface area (Å²) in [5.74, 6) is 1.03. The van der Waals surface area contributed by atoms with Gasteiger partial charge in [0.15, 0.2) is 6.61 Å². The monoisotopic (exact) mass is 363 g/mol. The summed E-state index contributed by atoms with van der Waals surface area (Å²) in [5, 5.41) is 2.81. The number of aryl methyl sites for hydroxylation is 3. The molecule has 0 bridgehead atoms. The number of anilines is 1. The predicted octanol–water partition coefficient (Wildman–Crippen LogP) is 4.21. The lowest BCUT2D eigenvalue weighted by Crippen LogP contribution is -2.22. The molecule has 1 N–H and O–H groups in total. The summed E-state index contributed by atoms with van der Waals surface area (Å²) >= 11 is 0. The Hall–Kier alpha value is -3.41. The van der Waals surface area contributed by atoms with Gasteiger partial charge in [0, 0.05) is 0 Å². The number of nitrogens with zero attached hydrogens (tertiary/aromatic N) is 2. The van der Waals surface area contributed by atoms with Gasteiger partial charge in [-0.2, -0.15) is 9.97 Å². The SMILES string of the molecule is Cc1cccc(OCC(=O)Nc2c(C)nc(Oc3ccccc3)nc2C)c1. The smallest absolute Gasteiger partial charge is 0.322 e. The first kappa shape index (κ1) is 18.4. The van der Waals surface area contributed by atoms with Crippen LogP contribution in [0.3, 0.4) is 0 Å². The van der Waals surface area contributed by atoms with Gasteiger partial charge in [-0.15, -0.1) is 0 Å². The molecule has 3 rings (SSSR count). The van der Waals surface area contributed by atoms with Crippen LogP contribution in [0.1, 0.15) is 17.0 Å². The molecule has 2 aromatic carbocycles. The molecule has 0 aliphatic carbocycles. The second kappa shape index (κ2) is 8.31. The Morgan fingerprint density at radius 2 is 1.59 bits per heavy atom. The summed E-state index contributed by atoms with van der Waals surface area (Å²) in [6.45, 7) is 5.47. The normalized spacial score (nSPS) is 10.3. The average molecular weight is 363 g/mol. The molecule has 0 saturated heterocycles. The molecule has 3 aromatic rings. The van der Waals surface area contributed by atoms with Gasteiger partial charge in [-0.1, -0.05) is 30.3 Å². The van der Waals surface area contributed by atoms with Crippen LogP contribution >= 0.6 is 0 Å². The molecule has 0 aliphatic rings. The van der Waals surface area contributed by atoms with Crippen molar-refractivity contribution >= 4 is 11.6 Å². The number of amides is 1. The van der Waals surface area contributed by atoms with Crippen LogP contribution in [0.5, 0.6) is 17.5 Å². The average Bonchev–Trinajstić information content (AvgIpc) is 2.64. The van der Waals surface area contributed by atoms with E-state index < -0.39 is 0 Å². The molecule has 1 amide bonds. The highest BCUT2D eigenvalue weighted by atomic mass is 16.5. The molecule has 0 spiro atoms. The first-order valence-corrected chi connectivity index (χ1v) is 8.59. The van der Waals surface area contributed by atoms with Gasteiger partial charge in [-0.3, -0.25) is 4.79 Å². The predicted molar refractivity (Wildman–Crippen MR) is 103 cm³/mol. The Labute approximate surface area is 158 Å². The minimum atomic E-state index is -0.275. The van der Waals surface area contributed by atoms with Crippen molar-refractivity contribution in [3.05, 3.63) is 71.5 Å². The molecule has 0 unspecified atom stereocenters. The van der Waals surface area contributed by atoms with E-state index in [0.29, 0.717) is 28.6 Å². The Balaban J connectivity index is 1.65. The fourth-order valence-corrected chi connectivity index (χ4v) is 2.54. The summed E-state index contributed by atoms with van der Waals surface area (Å²) in [7, 11) is 0. The van der Waals surface area contributed by atoms with Gasteiger partial charge in [0.2, 0.25) is 0 Å². The minimum Gasteiger partial charge on any atom is -0.484 e. The summed E-state index contributed by atoms with van der Waals surface area (Å²) in [6, 6.07) is 17.1. The first-order chi connectivity index (χ1) is 13.0. The number of nitrogens with one attached hydrogen (secondary N) is 1. The van der Waals surface area contributed by atoms with E-state index in [-0.39, 0.29) is 18.5 Å². The Bertz CT molecular complexity index is 919. The van der Waals surface area contributed by atoms with Gasteiger partial charge >= 0.3 is 6.01 Å². The fourth-order valence-electron chi connectivity index (χ4n) is 2.54. The Morgan fingerprint density at radius 3 is 2.26 bits per heavy atom. The second-order valence-electron chi connectivity index (χ2n) is 6.12. The zero-order chi connectivity index (χ0) is 19.2. The first-order valence-electron chi connectivity index (χ1n) is 8.59. The molecule has 0 atom stereocenters. The highest BCUT2D eigenvalue weighted by Gasteiger charge is 2.13. The largest absolute Gasteiger partial charge is 0.484 e. The topological polar surface area (TPSA) is 73.3 Å². The van der Waals surface area contributed by atoms with Crippen molar-refractivity contribution in [3.8, 4) is 17.5 Å². The van der Waals surface area contributed by atoms with E-state index in [1.807, 2.05) is 61.5 Å². The third-order valence-electron chi connectivity index (χ3n) is 3.83. The van der Waals surface area contributed by atoms with E-state index in [9.17, 15) is 4.79 Å². The standard InChI is InChI=1S/C21H21N3O3/c1-14-8-7-11-18(12-14)26-13-19(25)24-20-15(2)22-21(23-16(20)3)27-17-9-5-4-6-10-17/h4-12H,13H2,1-3H3,(H,24,25). The molecule has 0 saturated carbocycles. The van der Waals surface area contributed by atoms with Gasteiger partial charge in [0.1, 0.15) is 11.5 Å². The van der Waals surface area contributed by atoms with Crippen LogP contribution in [0.25, 0.3) is 0 Å². The molecule has 6 heteroatoms. The molecule has 0 fully saturated rings. The second-order valence-corrected chi connectivity index (χ2v) is 6.12. The lowest BCUT2D eigenvalue weighted by molar-refractivity contribution is -0.118. The van der Waals surface area contributed by atoms with Gasteiger partial charge in [0.25, 0.3) is 5.91 Å². The van der Waals surface area contributed by atoms with Gasteiger partial charge in [0.05, 0.1) is 17.1 Å². The number of carbonyl (C=O) groups is 1. The maximum Gasteiger partial charge on any atom is 0.322 e. The number of hydrogen-bond donors (Lipinski definition) is 1. The highest BCUT2D eigenvalue weighted by Crippen LogP contribution is 2.23. The number of aromatic nitrogens is 2. The third-order valence-corrected chi connectivity index (χ3v) is 3.83. The van der Waals surface area contributed by atoms with Crippen LogP contribution in [0, 0.1) is 20.8 Å². The summed E-state index contributed by atoms with van der Waals surface area (Å²) < 4.78 is 11.2. The van der Waals surface area contributed by atoms with E-state index in [1.165, 1.54) is 0 Å². The van der Waals surface area contributed by atoms with Crippen LogP contribution in [-0.2, 0) is 4.79 Å². The zero-order valence-electron chi connectivity index (χ0n) is 15.5. The lowest BCUT2D eigenvalue weighted by atomic mass is 10.2. The van der Waals surface area contributed by atoms with E-state index >= 15 is 0 Å². The zero-order valence-corrected chi connectivity index (χ0v) is 15.5. The van der Waals surface area contributed by atoms with Crippen molar-refractivity contribution in [1.82, 2.24) is 9.97 Å². The number of rotatable bonds is 6. The summed E-state index contributed by atoms with van der Waals surface area (Å²) in [5.41, 5.74) is 2.88. The van der Waals surface area contributed by atoms with E-state index in [2.05, 4.69) is 15.3 Å². The van der Waals surface area contributed by atoms with Crippen LogP contribution in [0.2, 0.25) is 0 Å². The quantitative estimate of drug-likeness (QED) is 0.710. The number of hydrogen-bond acceptors (Lipinski definition) is 5. The lowest BCUT2D eigenvalue weighted by Gasteiger charge is -2.13. The van der Waals surface area contributed by atoms with Crippen LogP contribution < -0.4 is 14.8 Å². The Kier molecular flexibility index (Phi) is 5.66.